The first-order chi connectivity index (χ1) is 10.4. The van der Waals surface area contributed by atoms with Crippen LogP contribution < -0.4 is 15.4 Å². The molecule has 0 aliphatic rings. The molecule has 7 nitrogen and oxygen atoms in total. The topological polar surface area (TPSA) is 104 Å². The Morgan fingerprint density at radius 2 is 2.00 bits per heavy atom. The molecular formula is C14H19N3O4S. The Morgan fingerprint density at radius 1 is 1.27 bits per heavy atom. The summed E-state index contributed by atoms with van der Waals surface area (Å²) in [5.41, 5.74) is 0.158. The first kappa shape index (κ1) is 17.9. The molecule has 0 aliphatic heterocycles. The third kappa shape index (κ3) is 5.30. The van der Waals surface area contributed by atoms with E-state index in [1.54, 1.807) is 6.92 Å². The average Bonchev–Trinajstić information content (AvgIpc) is 2.51. The second kappa shape index (κ2) is 8.30. The third-order valence-corrected chi connectivity index (χ3v) is 4.03. The average molecular weight is 325 g/mol. The molecule has 0 saturated heterocycles. The molecule has 0 heterocycles. The van der Waals surface area contributed by atoms with Gasteiger partial charge in [0.15, 0.2) is 0 Å². The Balaban J connectivity index is 2.81. The standard InChI is InChI=1S/C14H19N3O4S/c1-3-8-17-22(20,21)12-7-5-6-11(9-12)14(19)16-10-13(18)15-4-2/h3,5-7,9,17H,1,4,8,10H2,2H3,(H,15,18)(H,16,19). The predicted molar refractivity (Wildman–Crippen MR) is 82.8 cm³/mol. The Morgan fingerprint density at radius 3 is 2.64 bits per heavy atom. The lowest BCUT2D eigenvalue weighted by Crippen LogP contribution is -2.36. The highest BCUT2D eigenvalue weighted by atomic mass is 32.2. The molecule has 0 spiro atoms. The molecule has 3 N–H and O–H groups in total. The zero-order valence-corrected chi connectivity index (χ0v) is 13.1. The summed E-state index contributed by atoms with van der Waals surface area (Å²) in [6.45, 7) is 5.59. The smallest absolute Gasteiger partial charge is 0.251 e. The van der Waals surface area contributed by atoms with E-state index >= 15 is 0 Å². The van der Waals surface area contributed by atoms with Gasteiger partial charge in [-0.15, -0.1) is 6.58 Å². The molecule has 120 valence electrons. The van der Waals surface area contributed by atoms with Gasteiger partial charge in [0.1, 0.15) is 0 Å². The fourth-order valence-electron chi connectivity index (χ4n) is 1.58. The van der Waals surface area contributed by atoms with Gasteiger partial charge in [-0.1, -0.05) is 12.1 Å². The largest absolute Gasteiger partial charge is 0.355 e. The van der Waals surface area contributed by atoms with Gasteiger partial charge in [-0.05, 0) is 25.1 Å². The van der Waals surface area contributed by atoms with Gasteiger partial charge in [0, 0.05) is 18.7 Å². The number of likely N-dealkylation sites (N-methyl/N-ethyl adjacent to an activating group) is 1. The van der Waals surface area contributed by atoms with Crippen molar-refractivity contribution in [2.24, 2.45) is 0 Å². The van der Waals surface area contributed by atoms with E-state index < -0.39 is 15.9 Å². The quantitative estimate of drug-likeness (QED) is 0.586. The molecule has 2 amide bonds. The highest BCUT2D eigenvalue weighted by Crippen LogP contribution is 2.11. The molecule has 0 bridgehead atoms. The maximum atomic E-state index is 12.0. The minimum atomic E-state index is -3.70. The van der Waals surface area contributed by atoms with Crippen molar-refractivity contribution in [1.29, 1.82) is 0 Å². The summed E-state index contributed by atoms with van der Waals surface area (Å²) in [6.07, 6.45) is 1.42. The Kier molecular flexibility index (Phi) is 6.74. The molecular weight excluding hydrogens is 306 g/mol. The maximum Gasteiger partial charge on any atom is 0.251 e. The molecule has 1 rings (SSSR count). The number of nitrogens with one attached hydrogen (secondary N) is 3. The summed E-state index contributed by atoms with van der Waals surface area (Å²) < 4.78 is 26.2. The molecule has 8 heteroatoms. The van der Waals surface area contributed by atoms with Crippen molar-refractivity contribution in [1.82, 2.24) is 15.4 Å². The monoisotopic (exact) mass is 325 g/mol. The van der Waals surface area contributed by atoms with Crippen molar-refractivity contribution in [2.45, 2.75) is 11.8 Å². The number of carbonyl (C=O) groups excluding carboxylic acids is 2. The number of sulfonamides is 1. The van der Waals surface area contributed by atoms with Crippen LogP contribution in [0.1, 0.15) is 17.3 Å². The van der Waals surface area contributed by atoms with Gasteiger partial charge in [-0.3, -0.25) is 9.59 Å². The molecule has 1 aromatic carbocycles. The molecule has 0 fully saturated rings. The Hall–Kier alpha value is -2.19. The molecule has 0 radical (unpaired) electrons. The molecule has 0 atom stereocenters. The first-order valence-corrected chi connectivity index (χ1v) is 8.14. The van der Waals surface area contributed by atoms with Crippen molar-refractivity contribution in [3.63, 3.8) is 0 Å². The van der Waals surface area contributed by atoms with E-state index in [0.717, 1.165) is 0 Å². The van der Waals surface area contributed by atoms with Gasteiger partial charge >= 0.3 is 0 Å². The number of carbonyl (C=O) groups is 2. The number of rotatable bonds is 8. The summed E-state index contributed by atoms with van der Waals surface area (Å²) >= 11 is 0. The van der Waals surface area contributed by atoms with E-state index in [1.165, 1.54) is 30.3 Å². The maximum absolute atomic E-state index is 12.0. The van der Waals surface area contributed by atoms with Crippen LogP contribution in [0.2, 0.25) is 0 Å². The van der Waals surface area contributed by atoms with Gasteiger partial charge in [0.25, 0.3) is 5.91 Å². The zero-order valence-electron chi connectivity index (χ0n) is 12.3. The van der Waals surface area contributed by atoms with Crippen molar-refractivity contribution in [2.75, 3.05) is 19.6 Å². The molecule has 0 unspecified atom stereocenters. The Labute approximate surface area is 129 Å². The van der Waals surface area contributed by atoms with Gasteiger partial charge < -0.3 is 10.6 Å². The lowest BCUT2D eigenvalue weighted by Gasteiger charge is -2.08. The molecule has 0 aromatic heterocycles. The Bertz CT molecular complexity index is 656. The molecule has 22 heavy (non-hydrogen) atoms. The number of hydrogen-bond acceptors (Lipinski definition) is 4. The normalized spacial score (nSPS) is 10.8. The summed E-state index contributed by atoms with van der Waals surface area (Å²) in [4.78, 5) is 23.2. The van der Waals surface area contributed by atoms with Crippen LogP contribution in [0.25, 0.3) is 0 Å². The highest BCUT2D eigenvalue weighted by Gasteiger charge is 2.15. The van der Waals surface area contributed by atoms with Crippen LogP contribution in [0.5, 0.6) is 0 Å². The fourth-order valence-corrected chi connectivity index (χ4v) is 2.62. The van der Waals surface area contributed by atoms with Gasteiger partial charge in [-0.2, -0.15) is 0 Å². The summed E-state index contributed by atoms with van der Waals surface area (Å²) in [6, 6.07) is 5.56. The van der Waals surface area contributed by atoms with Gasteiger partial charge in [0.05, 0.1) is 11.4 Å². The van der Waals surface area contributed by atoms with Crippen LogP contribution in [0, 0.1) is 0 Å². The van der Waals surface area contributed by atoms with Crippen molar-refractivity contribution >= 4 is 21.8 Å². The van der Waals surface area contributed by atoms with E-state index in [4.69, 9.17) is 0 Å². The van der Waals surface area contributed by atoms with Gasteiger partial charge in [0.2, 0.25) is 15.9 Å². The SMILES string of the molecule is C=CCNS(=O)(=O)c1cccc(C(=O)NCC(=O)NCC)c1. The van der Waals surface area contributed by atoms with Crippen LogP contribution in [-0.4, -0.2) is 39.9 Å². The molecule has 0 aliphatic carbocycles. The third-order valence-electron chi connectivity index (χ3n) is 2.61. The predicted octanol–water partition coefficient (Wildman–Crippen LogP) is 0.0168. The minimum absolute atomic E-state index is 0.0278. The van der Waals surface area contributed by atoms with Crippen LogP contribution in [-0.2, 0) is 14.8 Å². The number of amides is 2. The second-order valence-corrected chi connectivity index (χ2v) is 6.07. The first-order valence-electron chi connectivity index (χ1n) is 6.66. The van der Waals surface area contributed by atoms with Crippen molar-refractivity contribution < 1.29 is 18.0 Å². The van der Waals surface area contributed by atoms with Crippen LogP contribution >= 0.6 is 0 Å². The number of benzene rings is 1. The second-order valence-electron chi connectivity index (χ2n) is 4.30. The van der Waals surface area contributed by atoms with Crippen molar-refractivity contribution in [3.05, 3.63) is 42.5 Å². The minimum Gasteiger partial charge on any atom is -0.355 e. The van der Waals surface area contributed by atoms with E-state index in [-0.39, 0.29) is 29.5 Å². The van der Waals surface area contributed by atoms with E-state index in [1.807, 2.05) is 0 Å². The summed E-state index contributed by atoms with van der Waals surface area (Å²) in [5, 5.41) is 4.97. The number of hydrogen-bond donors (Lipinski definition) is 3. The van der Waals surface area contributed by atoms with Crippen LogP contribution in [0.3, 0.4) is 0 Å². The van der Waals surface area contributed by atoms with E-state index in [9.17, 15) is 18.0 Å². The summed E-state index contributed by atoms with van der Waals surface area (Å²) in [7, 11) is -3.70. The van der Waals surface area contributed by atoms with Crippen molar-refractivity contribution in [3.8, 4) is 0 Å². The van der Waals surface area contributed by atoms with E-state index in [2.05, 4.69) is 21.9 Å². The highest BCUT2D eigenvalue weighted by molar-refractivity contribution is 7.89. The van der Waals surface area contributed by atoms with Gasteiger partial charge in [-0.25, -0.2) is 13.1 Å². The summed E-state index contributed by atoms with van der Waals surface area (Å²) in [5.74, 6) is -0.834. The fraction of sp³-hybridized carbons (Fsp3) is 0.286. The zero-order chi connectivity index (χ0) is 16.6. The molecule has 1 aromatic rings. The van der Waals surface area contributed by atoms with E-state index in [0.29, 0.717) is 6.54 Å². The lowest BCUT2D eigenvalue weighted by molar-refractivity contribution is -0.120. The lowest BCUT2D eigenvalue weighted by atomic mass is 10.2. The molecule has 0 saturated carbocycles. The van der Waals surface area contributed by atoms with Crippen LogP contribution in [0.4, 0.5) is 0 Å². The van der Waals surface area contributed by atoms with Crippen LogP contribution in [0.15, 0.2) is 41.8 Å².